The first-order chi connectivity index (χ1) is 6.63. The van der Waals surface area contributed by atoms with Crippen LogP contribution in [0.1, 0.15) is 40.0 Å². The molecule has 0 radical (unpaired) electrons. The van der Waals surface area contributed by atoms with Crippen LogP contribution in [0.3, 0.4) is 0 Å². The monoisotopic (exact) mass is 243 g/mol. The lowest BCUT2D eigenvalue weighted by molar-refractivity contribution is -0.0328. The fraction of sp³-hybridized carbons (Fsp3) is 1.00. The third kappa shape index (κ3) is 9.05. The van der Waals surface area contributed by atoms with Gasteiger partial charge >= 0.3 is 5.51 Å². The van der Waals surface area contributed by atoms with E-state index in [9.17, 15) is 13.2 Å². The summed E-state index contributed by atoms with van der Waals surface area (Å²) in [5.41, 5.74) is 1.84. The molecule has 0 aromatic heterocycles. The molecule has 0 heterocycles. The van der Waals surface area contributed by atoms with Crippen molar-refractivity contribution in [1.29, 1.82) is 0 Å². The van der Waals surface area contributed by atoms with E-state index in [1.165, 1.54) is 0 Å². The minimum absolute atomic E-state index is 0.0389. The maximum atomic E-state index is 11.8. The van der Waals surface area contributed by atoms with Gasteiger partial charge in [0.05, 0.1) is 0 Å². The molecule has 0 aliphatic heterocycles. The highest BCUT2D eigenvalue weighted by Crippen LogP contribution is 2.31. The second-order valence-electron chi connectivity index (χ2n) is 4.76. The molecule has 2 N–H and O–H groups in total. The summed E-state index contributed by atoms with van der Waals surface area (Å²) in [4.78, 5) is 0. The smallest absolute Gasteiger partial charge is 0.327 e. The topological polar surface area (TPSA) is 26.0 Å². The van der Waals surface area contributed by atoms with Crippen molar-refractivity contribution in [2.24, 2.45) is 11.1 Å². The maximum Gasteiger partial charge on any atom is 0.441 e. The van der Waals surface area contributed by atoms with E-state index < -0.39 is 5.51 Å². The first kappa shape index (κ1) is 15.1. The molecule has 1 nitrogen and oxygen atoms in total. The molecule has 0 fully saturated rings. The lowest BCUT2D eigenvalue weighted by Crippen LogP contribution is -2.34. The summed E-state index contributed by atoms with van der Waals surface area (Å²) in [6.45, 7) is 6.13. The maximum absolute atomic E-state index is 11.8. The Kier molecular flexibility index (Phi) is 6.03. The molecule has 0 spiro atoms. The fourth-order valence-electron chi connectivity index (χ4n) is 1.09. The summed E-state index contributed by atoms with van der Waals surface area (Å²) in [6, 6.07) is 0.0633. The molecule has 0 saturated heterocycles. The van der Waals surface area contributed by atoms with Crippen LogP contribution in [0, 0.1) is 5.41 Å². The molecule has 1 atom stereocenters. The summed E-state index contributed by atoms with van der Waals surface area (Å²) in [7, 11) is 0. The van der Waals surface area contributed by atoms with Gasteiger partial charge in [0.2, 0.25) is 0 Å². The normalized spacial score (nSPS) is 15.4. The van der Waals surface area contributed by atoms with E-state index in [0.29, 0.717) is 6.42 Å². The van der Waals surface area contributed by atoms with Gasteiger partial charge < -0.3 is 5.73 Å². The predicted octanol–water partition coefficient (Wildman–Crippen LogP) is 3.78. The number of hydrogen-bond donors (Lipinski definition) is 1. The number of thioether (sulfide) groups is 1. The molecule has 0 saturated carbocycles. The molecular weight excluding hydrogens is 223 g/mol. The summed E-state index contributed by atoms with van der Waals surface area (Å²) >= 11 is 0.0519. The van der Waals surface area contributed by atoms with E-state index in [-0.39, 0.29) is 29.0 Å². The van der Waals surface area contributed by atoms with Crippen LogP contribution in [-0.2, 0) is 0 Å². The van der Waals surface area contributed by atoms with Crippen molar-refractivity contribution < 1.29 is 13.2 Å². The Morgan fingerprint density at radius 2 is 1.67 bits per heavy atom. The third-order valence-corrected chi connectivity index (χ3v) is 3.11. The van der Waals surface area contributed by atoms with Gasteiger partial charge in [-0.25, -0.2) is 0 Å². The SMILES string of the molecule is CC(C)(C)C(N)CCCCSC(F)(F)F. The van der Waals surface area contributed by atoms with Gasteiger partial charge in [-0.1, -0.05) is 39.0 Å². The van der Waals surface area contributed by atoms with Crippen LogP contribution in [0.4, 0.5) is 13.2 Å². The molecular formula is C10H20F3NS. The first-order valence-corrected chi connectivity index (χ1v) is 6.08. The van der Waals surface area contributed by atoms with Crippen molar-refractivity contribution in [3.8, 4) is 0 Å². The first-order valence-electron chi connectivity index (χ1n) is 5.09. The van der Waals surface area contributed by atoms with Crippen molar-refractivity contribution in [3.63, 3.8) is 0 Å². The Labute approximate surface area is 94.0 Å². The molecule has 0 aromatic rings. The number of hydrogen-bond acceptors (Lipinski definition) is 2. The highest BCUT2D eigenvalue weighted by molar-refractivity contribution is 8.00. The van der Waals surface area contributed by atoms with Crippen LogP contribution >= 0.6 is 11.8 Å². The highest BCUT2D eigenvalue weighted by Gasteiger charge is 2.27. The molecule has 0 rings (SSSR count). The van der Waals surface area contributed by atoms with Gasteiger partial charge in [0.15, 0.2) is 0 Å². The number of halogens is 3. The summed E-state index contributed by atoms with van der Waals surface area (Å²) < 4.78 is 35.3. The summed E-state index contributed by atoms with van der Waals surface area (Å²) in [5.74, 6) is 0.139. The van der Waals surface area contributed by atoms with E-state index in [1.54, 1.807) is 0 Å². The molecule has 0 amide bonds. The van der Waals surface area contributed by atoms with Gasteiger partial charge in [-0.15, -0.1) is 0 Å². The molecule has 15 heavy (non-hydrogen) atoms. The zero-order chi connectivity index (χ0) is 12.1. The molecule has 0 aromatic carbocycles. The zero-order valence-corrected chi connectivity index (χ0v) is 10.3. The Morgan fingerprint density at radius 3 is 2.07 bits per heavy atom. The molecule has 5 heteroatoms. The molecule has 0 aliphatic rings. The largest absolute Gasteiger partial charge is 0.441 e. The second kappa shape index (κ2) is 5.99. The van der Waals surface area contributed by atoms with Crippen molar-refractivity contribution in [3.05, 3.63) is 0 Å². The van der Waals surface area contributed by atoms with Gasteiger partial charge in [0, 0.05) is 11.8 Å². The van der Waals surface area contributed by atoms with Gasteiger partial charge in [-0.3, -0.25) is 0 Å². The number of unbranched alkanes of at least 4 members (excludes halogenated alkanes) is 1. The van der Waals surface area contributed by atoms with E-state index in [4.69, 9.17) is 5.73 Å². The number of rotatable bonds is 5. The Morgan fingerprint density at radius 1 is 1.13 bits per heavy atom. The molecule has 0 aliphatic carbocycles. The van der Waals surface area contributed by atoms with Crippen LogP contribution < -0.4 is 5.73 Å². The fourth-order valence-corrected chi connectivity index (χ4v) is 1.67. The van der Waals surface area contributed by atoms with E-state index in [2.05, 4.69) is 0 Å². The van der Waals surface area contributed by atoms with Crippen LogP contribution in [0.5, 0.6) is 0 Å². The van der Waals surface area contributed by atoms with Gasteiger partial charge in [-0.2, -0.15) is 13.2 Å². The second-order valence-corrected chi connectivity index (χ2v) is 5.92. The Balaban J connectivity index is 3.48. The highest BCUT2D eigenvalue weighted by atomic mass is 32.2. The Hall–Kier alpha value is 0.100. The van der Waals surface area contributed by atoms with Gasteiger partial charge in [0.25, 0.3) is 0 Å². The Bertz CT molecular complexity index is 174. The van der Waals surface area contributed by atoms with E-state index in [0.717, 1.165) is 12.8 Å². The van der Waals surface area contributed by atoms with Crippen LogP contribution in [-0.4, -0.2) is 17.3 Å². The lowest BCUT2D eigenvalue weighted by atomic mass is 9.84. The average Bonchev–Trinajstić information content (AvgIpc) is 1.99. The van der Waals surface area contributed by atoms with Crippen molar-refractivity contribution in [2.45, 2.75) is 51.6 Å². The van der Waals surface area contributed by atoms with Crippen LogP contribution in [0.2, 0.25) is 0 Å². The summed E-state index contributed by atoms with van der Waals surface area (Å²) in [6.07, 6.45) is 2.14. The number of nitrogens with two attached hydrogens (primary N) is 1. The van der Waals surface area contributed by atoms with Crippen LogP contribution in [0.15, 0.2) is 0 Å². The van der Waals surface area contributed by atoms with Crippen LogP contribution in [0.25, 0.3) is 0 Å². The lowest BCUT2D eigenvalue weighted by Gasteiger charge is -2.26. The van der Waals surface area contributed by atoms with Crippen molar-refractivity contribution in [2.75, 3.05) is 5.75 Å². The summed E-state index contributed by atoms with van der Waals surface area (Å²) in [5, 5.41) is 0. The van der Waals surface area contributed by atoms with E-state index >= 15 is 0 Å². The quantitative estimate of drug-likeness (QED) is 0.744. The molecule has 92 valence electrons. The van der Waals surface area contributed by atoms with Gasteiger partial charge in [0.1, 0.15) is 0 Å². The van der Waals surface area contributed by atoms with Gasteiger partial charge in [-0.05, 0) is 18.3 Å². The van der Waals surface area contributed by atoms with Crippen molar-refractivity contribution >= 4 is 11.8 Å². The minimum atomic E-state index is -4.09. The zero-order valence-electron chi connectivity index (χ0n) is 9.53. The third-order valence-electron chi connectivity index (χ3n) is 2.29. The molecule has 1 unspecified atom stereocenters. The number of alkyl halides is 3. The van der Waals surface area contributed by atoms with E-state index in [1.807, 2.05) is 20.8 Å². The standard InChI is InChI=1S/C10H20F3NS/c1-9(2,3)8(14)6-4-5-7-15-10(11,12)13/h8H,4-7,14H2,1-3H3. The van der Waals surface area contributed by atoms with Crippen molar-refractivity contribution in [1.82, 2.24) is 0 Å². The average molecular weight is 243 g/mol. The predicted molar refractivity (Wildman–Crippen MR) is 59.8 cm³/mol. The minimum Gasteiger partial charge on any atom is -0.327 e. The molecule has 0 bridgehead atoms.